The van der Waals surface area contributed by atoms with Crippen LogP contribution in [0.2, 0.25) is 0 Å². The normalized spacial score (nSPS) is 11.3. The predicted octanol–water partition coefficient (Wildman–Crippen LogP) is 26.7. The summed E-state index contributed by atoms with van der Waals surface area (Å²) in [5, 5.41) is 7.02. The van der Waals surface area contributed by atoms with E-state index in [1.807, 2.05) is 195 Å². The number of rotatable bonds is 10. The highest BCUT2D eigenvalue weighted by molar-refractivity contribution is 9.11. The van der Waals surface area contributed by atoms with Crippen molar-refractivity contribution in [1.82, 2.24) is 63.1 Å². The van der Waals surface area contributed by atoms with Crippen molar-refractivity contribution in [3.63, 3.8) is 0 Å². The molecular formula is C99H63Br4N13. The molecule has 0 saturated heterocycles. The molecule has 0 atom stereocenters. The zero-order valence-corrected chi connectivity index (χ0v) is 68.0. The van der Waals surface area contributed by atoms with E-state index in [1.54, 1.807) is 0 Å². The third-order valence-corrected chi connectivity index (χ3v) is 22.6. The van der Waals surface area contributed by atoms with Gasteiger partial charge in [-0.3, -0.25) is 19.5 Å². The Bertz CT molecular complexity index is 6830. The molecule has 0 unspecified atom stereocenters. The van der Waals surface area contributed by atoms with Crippen molar-refractivity contribution in [2.24, 2.45) is 0 Å². The Morgan fingerprint density at radius 1 is 0.224 bits per heavy atom. The lowest BCUT2D eigenvalue weighted by molar-refractivity contribution is 1.07. The van der Waals surface area contributed by atoms with Crippen molar-refractivity contribution >= 4 is 151 Å². The summed E-state index contributed by atoms with van der Waals surface area (Å²) in [6.07, 6.45) is 9.30. The fraction of sp³-hybridized carbons (Fsp3) is 0. The number of hydrogen-bond donors (Lipinski definition) is 0. The average Bonchev–Trinajstić information content (AvgIpc) is 1.60. The van der Waals surface area contributed by atoms with Gasteiger partial charge in [0, 0.05) is 131 Å². The van der Waals surface area contributed by atoms with Gasteiger partial charge in [-0.25, -0.2) is 29.9 Å². The van der Waals surface area contributed by atoms with E-state index in [1.165, 1.54) is 32.6 Å². The van der Waals surface area contributed by atoms with Crippen LogP contribution in [-0.2, 0) is 0 Å². The third-order valence-electron chi connectivity index (χ3n) is 20.3. The first-order valence-corrected chi connectivity index (χ1v) is 40.7. The van der Waals surface area contributed by atoms with Crippen LogP contribution in [0, 0.1) is 0 Å². The Kier molecular flexibility index (Phi) is 20.1. The van der Waals surface area contributed by atoms with Crippen molar-refractivity contribution in [3.05, 3.63) is 401 Å². The van der Waals surface area contributed by atoms with E-state index in [9.17, 15) is 0 Å². The standard InChI is InChI=1S/C33H21BrN4.C32H20BrN5.2C17H11BrN2/c34-25-16-17-30-27(20-25)32-31(15-8-18-35-32)38(30)26-14-7-13-24(19-26)29-21-28(22-9-3-1-4-10-22)36-33(37-29)23-11-5-2-6-12-23;33-24-16-17-27-26(20-24)29-28(15-8-18-34-29)38(27)25-14-7-13-23(19-25)32-36-30(21-9-3-1-4-10-21)35-31(37-32)22-11-5-2-6-12-22;18-14-9-4-10-15-16(14)13-8-5-11-19-17(13)20(15)12-6-2-1-3-7-12;18-14-7-4-8-15-17(14)13-9-10-19-11-16(13)20(15)12-5-2-1-3-6-12/h1-21H;1-20H;2*1-11H. The van der Waals surface area contributed by atoms with Crippen LogP contribution < -0.4 is 0 Å². The van der Waals surface area contributed by atoms with Gasteiger partial charge in [-0.1, -0.05) is 258 Å². The molecule has 0 bridgehead atoms. The second kappa shape index (κ2) is 32.1. The summed E-state index contributed by atoms with van der Waals surface area (Å²) < 4.78 is 13.2. The number of halogens is 4. The van der Waals surface area contributed by atoms with Crippen LogP contribution >= 0.6 is 63.7 Å². The zero-order valence-electron chi connectivity index (χ0n) is 61.7. The molecule has 13 nitrogen and oxygen atoms in total. The predicted molar refractivity (Wildman–Crippen MR) is 487 cm³/mol. The van der Waals surface area contributed by atoms with Crippen molar-refractivity contribution in [2.75, 3.05) is 0 Å². The van der Waals surface area contributed by atoms with Crippen LogP contribution in [0.4, 0.5) is 0 Å². The molecule has 0 spiro atoms. The van der Waals surface area contributed by atoms with E-state index in [2.05, 4.69) is 280 Å². The van der Waals surface area contributed by atoms with Crippen LogP contribution in [0.15, 0.2) is 401 Å². The molecule has 0 aliphatic rings. The lowest BCUT2D eigenvalue weighted by Crippen LogP contribution is -2.01. The molecule has 116 heavy (non-hydrogen) atoms. The molecule has 22 rings (SSSR count). The summed E-state index contributed by atoms with van der Waals surface area (Å²) in [6, 6.07) is 120. The lowest BCUT2D eigenvalue weighted by Gasteiger charge is -2.12. The second-order valence-corrected chi connectivity index (χ2v) is 31.0. The van der Waals surface area contributed by atoms with Crippen molar-refractivity contribution in [2.45, 2.75) is 0 Å². The number of fused-ring (bicyclic) bond motifs is 12. The van der Waals surface area contributed by atoms with Gasteiger partial charge in [0.2, 0.25) is 0 Å². The minimum absolute atomic E-state index is 0.626. The monoisotopic (exact) mass is 1750 g/mol. The van der Waals surface area contributed by atoms with Crippen LogP contribution in [-0.4, -0.2) is 63.1 Å². The van der Waals surface area contributed by atoms with Crippen molar-refractivity contribution in [1.29, 1.82) is 0 Å². The van der Waals surface area contributed by atoms with Gasteiger partial charge in [-0.15, -0.1) is 0 Å². The van der Waals surface area contributed by atoms with Gasteiger partial charge < -0.3 is 13.7 Å². The lowest BCUT2D eigenvalue weighted by atomic mass is 10.1. The summed E-state index contributed by atoms with van der Waals surface area (Å²) in [4.78, 5) is 42.9. The maximum Gasteiger partial charge on any atom is 0.164 e. The summed E-state index contributed by atoms with van der Waals surface area (Å²) in [7, 11) is 0. The Balaban J connectivity index is 0.000000108. The second-order valence-electron chi connectivity index (χ2n) is 27.4. The van der Waals surface area contributed by atoms with E-state index < -0.39 is 0 Å². The van der Waals surface area contributed by atoms with Crippen LogP contribution in [0.25, 0.3) is 178 Å². The molecule has 10 heterocycles. The highest BCUT2D eigenvalue weighted by atomic mass is 79.9. The van der Waals surface area contributed by atoms with Gasteiger partial charge in [0.05, 0.1) is 67.2 Å². The first kappa shape index (κ1) is 72.7. The summed E-state index contributed by atoms with van der Waals surface area (Å²) in [5.41, 5.74) is 22.7. The fourth-order valence-corrected chi connectivity index (χ4v) is 17.0. The van der Waals surface area contributed by atoms with E-state index in [4.69, 9.17) is 34.9 Å². The minimum atomic E-state index is 0.626. The van der Waals surface area contributed by atoms with Crippen LogP contribution in [0.3, 0.4) is 0 Å². The van der Waals surface area contributed by atoms with Gasteiger partial charge >= 0.3 is 0 Å². The first-order valence-electron chi connectivity index (χ1n) is 37.6. The highest BCUT2D eigenvalue weighted by Crippen LogP contribution is 2.41. The smallest absolute Gasteiger partial charge is 0.164 e. The molecule has 0 radical (unpaired) electrons. The van der Waals surface area contributed by atoms with Crippen molar-refractivity contribution in [3.8, 4) is 90.8 Å². The summed E-state index contributed by atoms with van der Waals surface area (Å²) in [6.45, 7) is 0. The molecule has 0 N–H and O–H groups in total. The molecule has 12 aromatic carbocycles. The number of hydrogen-bond acceptors (Lipinski definition) is 9. The van der Waals surface area contributed by atoms with Gasteiger partial charge in [-0.05, 0) is 158 Å². The largest absolute Gasteiger partial charge is 0.308 e. The van der Waals surface area contributed by atoms with E-state index in [0.717, 1.165) is 140 Å². The molecule has 10 aromatic heterocycles. The average molecular weight is 1750 g/mol. The molecule has 0 saturated carbocycles. The molecular weight excluding hydrogens is 1690 g/mol. The number of benzene rings is 12. The Morgan fingerprint density at radius 3 is 1.15 bits per heavy atom. The van der Waals surface area contributed by atoms with E-state index in [-0.39, 0.29) is 0 Å². The quantitative estimate of drug-likeness (QED) is 0.131. The van der Waals surface area contributed by atoms with Crippen molar-refractivity contribution < 1.29 is 0 Å². The van der Waals surface area contributed by atoms with Gasteiger partial charge in [0.15, 0.2) is 23.3 Å². The van der Waals surface area contributed by atoms with Gasteiger partial charge in [-0.2, -0.15) is 0 Å². The molecule has 22 aromatic rings. The summed E-state index contributed by atoms with van der Waals surface area (Å²) >= 11 is 14.6. The van der Waals surface area contributed by atoms with Crippen LogP contribution in [0.1, 0.15) is 0 Å². The van der Waals surface area contributed by atoms with E-state index in [0.29, 0.717) is 23.3 Å². The van der Waals surface area contributed by atoms with Gasteiger partial charge in [0.25, 0.3) is 0 Å². The molecule has 17 heteroatoms. The third kappa shape index (κ3) is 14.2. The van der Waals surface area contributed by atoms with E-state index >= 15 is 0 Å². The summed E-state index contributed by atoms with van der Waals surface area (Å²) in [5.74, 6) is 2.62. The molecule has 0 aliphatic heterocycles. The maximum atomic E-state index is 5.02. The van der Waals surface area contributed by atoms with Gasteiger partial charge in [0.1, 0.15) is 5.65 Å². The Morgan fingerprint density at radius 2 is 0.612 bits per heavy atom. The first-order chi connectivity index (χ1) is 57.2. The number of aromatic nitrogens is 13. The minimum Gasteiger partial charge on any atom is -0.308 e. The number of nitrogens with zero attached hydrogens (tertiary/aromatic N) is 13. The SMILES string of the molecule is Brc1ccc2c(c1)c1ncccc1n2-c1cccc(-c2cc(-c3ccccc3)nc(-c3ccccc3)n2)c1.Brc1ccc2c(c1)c1ncccc1n2-c1cccc(-c2nc(-c3ccccc3)nc(-c3ccccc3)n2)c1.Brc1cccc2c1c1cccnc1n2-c1ccccc1.Brc1cccc2c1c1ccncc1n2-c1ccccc1. The Labute approximate surface area is 700 Å². The Hall–Kier alpha value is -13.6. The van der Waals surface area contributed by atoms with Crippen LogP contribution in [0.5, 0.6) is 0 Å². The number of para-hydroxylation sites is 2. The maximum absolute atomic E-state index is 5.02. The fourth-order valence-electron chi connectivity index (χ4n) is 15.2. The topological polar surface area (TPSA) is 136 Å². The molecule has 552 valence electrons. The molecule has 0 amide bonds. The number of pyridine rings is 4. The highest BCUT2D eigenvalue weighted by Gasteiger charge is 2.21. The zero-order chi connectivity index (χ0) is 78.0. The molecule has 0 aliphatic carbocycles. The molecule has 0 fully saturated rings.